The van der Waals surface area contributed by atoms with Crippen LogP contribution in [0.1, 0.15) is 5.56 Å². The summed E-state index contributed by atoms with van der Waals surface area (Å²) < 4.78 is 29.6. The Bertz CT molecular complexity index is 704. The molecule has 2 rings (SSSR count). The minimum Gasteiger partial charge on any atom is -0.399 e. The molecule has 0 unspecified atom stereocenters. The van der Waals surface area contributed by atoms with Gasteiger partial charge in [-0.1, -0.05) is 9.59 Å². The van der Waals surface area contributed by atoms with Crippen LogP contribution in [0.3, 0.4) is 0 Å². The Balaban J connectivity index is 2.45. The first-order chi connectivity index (χ1) is 8.53. The third kappa shape index (κ3) is 2.36. The SMILES string of the molecule is N#Cc1cc(N)ccc1S(=O)(=O)Nc1nnns1. The van der Waals surface area contributed by atoms with E-state index in [1.54, 1.807) is 6.07 Å². The lowest BCUT2D eigenvalue weighted by Gasteiger charge is -2.06. The van der Waals surface area contributed by atoms with E-state index < -0.39 is 10.0 Å². The molecule has 3 N–H and O–H groups in total. The van der Waals surface area contributed by atoms with Crippen molar-refractivity contribution in [2.24, 2.45) is 0 Å². The van der Waals surface area contributed by atoms with Crippen LogP contribution in [-0.2, 0) is 10.0 Å². The highest BCUT2D eigenvalue weighted by atomic mass is 32.2. The Morgan fingerprint density at radius 1 is 1.44 bits per heavy atom. The topological polar surface area (TPSA) is 135 Å². The van der Waals surface area contributed by atoms with Gasteiger partial charge in [0.05, 0.1) is 5.56 Å². The van der Waals surface area contributed by atoms with Gasteiger partial charge in [-0.3, -0.25) is 4.72 Å². The molecular formula is C8H6N6O2S2. The number of rotatable bonds is 3. The maximum absolute atomic E-state index is 12.0. The average molecular weight is 282 g/mol. The van der Waals surface area contributed by atoms with Crippen molar-refractivity contribution in [1.29, 1.82) is 5.26 Å². The largest absolute Gasteiger partial charge is 0.399 e. The number of sulfonamides is 1. The zero-order chi connectivity index (χ0) is 13.2. The molecule has 0 fully saturated rings. The minimum atomic E-state index is -3.90. The van der Waals surface area contributed by atoms with Gasteiger partial charge in [0.15, 0.2) is 0 Å². The Morgan fingerprint density at radius 2 is 2.22 bits per heavy atom. The van der Waals surface area contributed by atoms with Crippen molar-refractivity contribution in [1.82, 2.24) is 14.8 Å². The molecule has 92 valence electrons. The van der Waals surface area contributed by atoms with Crippen LogP contribution < -0.4 is 10.5 Å². The molecule has 0 aliphatic heterocycles. The maximum Gasteiger partial charge on any atom is 0.265 e. The van der Waals surface area contributed by atoms with Gasteiger partial charge in [-0.25, -0.2) is 8.42 Å². The monoisotopic (exact) mass is 282 g/mol. The van der Waals surface area contributed by atoms with Gasteiger partial charge in [0.1, 0.15) is 11.0 Å². The van der Waals surface area contributed by atoms with Gasteiger partial charge in [-0.15, -0.1) is 0 Å². The van der Waals surface area contributed by atoms with E-state index in [0.717, 1.165) is 11.5 Å². The molecule has 0 spiro atoms. The first-order valence-corrected chi connectivity index (χ1v) is 6.76. The number of aromatic nitrogens is 3. The van der Waals surface area contributed by atoms with Crippen LogP contribution in [0, 0.1) is 11.3 Å². The van der Waals surface area contributed by atoms with Gasteiger partial charge in [0, 0.05) is 17.2 Å². The van der Waals surface area contributed by atoms with Gasteiger partial charge in [-0.2, -0.15) is 5.26 Å². The van der Waals surface area contributed by atoms with Gasteiger partial charge >= 0.3 is 0 Å². The number of nitrogens with two attached hydrogens (primary N) is 1. The molecule has 18 heavy (non-hydrogen) atoms. The van der Waals surface area contributed by atoms with E-state index in [0.29, 0.717) is 5.69 Å². The lowest BCUT2D eigenvalue weighted by Crippen LogP contribution is -2.14. The van der Waals surface area contributed by atoms with Crippen molar-refractivity contribution < 1.29 is 8.42 Å². The summed E-state index contributed by atoms with van der Waals surface area (Å²) in [5.41, 5.74) is 5.75. The summed E-state index contributed by atoms with van der Waals surface area (Å²) in [6.45, 7) is 0. The maximum atomic E-state index is 12.0. The third-order valence-electron chi connectivity index (χ3n) is 1.93. The van der Waals surface area contributed by atoms with Crippen LogP contribution in [-0.4, -0.2) is 23.2 Å². The first-order valence-electron chi connectivity index (χ1n) is 4.50. The summed E-state index contributed by atoms with van der Waals surface area (Å²) >= 11 is 0.791. The quantitative estimate of drug-likeness (QED) is 0.767. The van der Waals surface area contributed by atoms with Gasteiger partial charge < -0.3 is 5.73 Å². The molecule has 0 radical (unpaired) electrons. The molecule has 10 heteroatoms. The molecule has 0 saturated carbocycles. The van der Waals surface area contributed by atoms with Gasteiger partial charge in [0.25, 0.3) is 10.0 Å². The van der Waals surface area contributed by atoms with E-state index in [1.165, 1.54) is 18.2 Å². The zero-order valence-corrected chi connectivity index (χ0v) is 10.4. The molecule has 2 aromatic rings. The summed E-state index contributed by atoms with van der Waals surface area (Å²) in [5, 5.41) is 15.6. The number of hydrogen-bond acceptors (Lipinski definition) is 8. The molecule has 0 amide bonds. The standard InChI is InChI=1S/C8H6N6O2S2/c9-4-5-3-6(10)1-2-7(5)18(15,16)12-8-11-13-14-17-8/h1-3H,10H2,(H,11,12,14). The van der Waals surface area contributed by atoms with E-state index in [-0.39, 0.29) is 15.6 Å². The Hall–Kier alpha value is -2.25. The third-order valence-corrected chi connectivity index (χ3v) is 3.97. The molecule has 0 aliphatic rings. The highest BCUT2D eigenvalue weighted by Crippen LogP contribution is 2.21. The number of benzene rings is 1. The van der Waals surface area contributed by atoms with E-state index in [1.807, 2.05) is 0 Å². The first kappa shape index (κ1) is 12.2. The smallest absolute Gasteiger partial charge is 0.265 e. The summed E-state index contributed by atoms with van der Waals surface area (Å²) in [6.07, 6.45) is 0. The van der Waals surface area contributed by atoms with Crippen LogP contribution in [0.4, 0.5) is 10.8 Å². The van der Waals surface area contributed by atoms with Crippen molar-refractivity contribution in [2.45, 2.75) is 4.90 Å². The van der Waals surface area contributed by atoms with Crippen molar-refractivity contribution in [3.63, 3.8) is 0 Å². The van der Waals surface area contributed by atoms with E-state index in [4.69, 9.17) is 11.0 Å². The lowest BCUT2D eigenvalue weighted by atomic mass is 10.2. The predicted octanol–water partition coefficient (Wildman–Crippen LogP) is 0.188. The summed E-state index contributed by atoms with van der Waals surface area (Å²) in [6, 6.07) is 5.71. The van der Waals surface area contributed by atoms with Crippen molar-refractivity contribution in [3.05, 3.63) is 23.8 Å². The number of anilines is 2. The highest BCUT2D eigenvalue weighted by molar-refractivity contribution is 7.93. The Kier molecular flexibility index (Phi) is 3.09. The number of nitrogen functional groups attached to an aromatic ring is 1. The molecular weight excluding hydrogens is 276 g/mol. The number of nitrogens with zero attached hydrogens (tertiary/aromatic N) is 4. The molecule has 1 aromatic carbocycles. The summed E-state index contributed by atoms with van der Waals surface area (Å²) in [7, 11) is -3.90. The van der Waals surface area contributed by atoms with Crippen LogP contribution in [0.2, 0.25) is 0 Å². The highest BCUT2D eigenvalue weighted by Gasteiger charge is 2.20. The molecule has 8 nitrogen and oxygen atoms in total. The van der Waals surface area contributed by atoms with Gasteiger partial charge in [0.2, 0.25) is 5.13 Å². The predicted molar refractivity (Wildman–Crippen MR) is 64.1 cm³/mol. The Morgan fingerprint density at radius 3 is 2.83 bits per heavy atom. The molecule has 1 aromatic heterocycles. The fourth-order valence-electron chi connectivity index (χ4n) is 1.21. The Labute approximate surface area is 106 Å². The fraction of sp³-hybridized carbons (Fsp3) is 0. The summed E-state index contributed by atoms with van der Waals surface area (Å²) in [5.74, 6) is 0. The molecule has 0 bridgehead atoms. The number of nitriles is 1. The van der Waals surface area contributed by atoms with Crippen molar-refractivity contribution in [2.75, 3.05) is 10.5 Å². The number of nitrogens with one attached hydrogen (secondary N) is 1. The lowest BCUT2D eigenvalue weighted by molar-refractivity contribution is 0.601. The van der Waals surface area contributed by atoms with Crippen LogP contribution in [0.5, 0.6) is 0 Å². The minimum absolute atomic E-state index is 0.0238. The second-order valence-corrected chi connectivity index (χ2v) is 5.52. The van der Waals surface area contributed by atoms with Gasteiger partial charge in [-0.05, 0) is 23.4 Å². The normalized spacial score (nSPS) is 10.8. The summed E-state index contributed by atoms with van der Waals surface area (Å²) in [4.78, 5) is -0.172. The molecule has 1 heterocycles. The molecule has 0 aliphatic carbocycles. The van der Waals surface area contributed by atoms with E-state index >= 15 is 0 Å². The van der Waals surface area contributed by atoms with Crippen molar-refractivity contribution in [3.8, 4) is 6.07 Å². The fourth-order valence-corrected chi connectivity index (χ4v) is 2.94. The second kappa shape index (κ2) is 4.55. The van der Waals surface area contributed by atoms with Crippen LogP contribution >= 0.6 is 11.5 Å². The molecule has 0 atom stereocenters. The van der Waals surface area contributed by atoms with Crippen LogP contribution in [0.15, 0.2) is 23.1 Å². The number of hydrogen-bond donors (Lipinski definition) is 2. The van der Waals surface area contributed by atoms with E-state index in [2.05, 4.69) is 19.5 Å². The second-order valence-electron chi connectivity index (χ2n) is 3.14. The zero-order valence-electron chi connectivity index (χ0n) is 8.73. The molecule has 0 saturated heterocycles. The van der Waals surface area contributed by atoms with Crippen molar-refractivity contribution >= 4 is 32.4 Å². The van der Waals surface area contributed by atoms with Crippen LogP contribution in [0.25, 0.3) is 0 Å². The van der Waals surface area contributed by atoms with E-state index in [9.17, 15) is 8.42 Å². The average Bonchev–Trinajstić information content (AvgIpc) is 2.80.